The van der Waals surface area contributed by atoms with Gasteiger partial charge in [0.25, 0.3) is 5.91 Å². The Labute approximate surface area is 228 Å². The summed E-state index contributed by atoms with van der Waals surface area (Å²) in [5.74, 6) is -1.14. The van der Waals surface area contributed by atoms with Gasteiger partial charge in [-0.15, -0.1) is 0 Å². The van der Waals surface area contributed by atoms with E-state index in [2.05, 4.69) is 28.7 Å². The fraction of sp³-hybridized carbons (Fsp3) is 0.0606. The molecule has 0 unspecified atom stereocenters. The lowest BCUT2D eigenvalue weighted by Crippen LogP contribution is -2.23. The van der Waals surface area contributed by atoms with Crippen LogP contribution in [0.2, 0.25) is 0 Å². The maximum atomic E-state index is 13.6. The number of carbonyl (C=O) groups excluding carboxylic acids is 1. The van der Waals surface area contributed by atoms with Gasteiger partial charge in [0.2, 0.25) is 0 Å². The lowest BCUT2D eigenvalue weighted by Gasteiger charge is -2.10. The minimum absolute atomic E-state index is 0.173. The highest BCUT2D eigenvalue weighted by atomic mass is 19.1. The van der Waals surface area contributed by atoms with Gasteiger partial charge in [-0.2, -0.15) is 0 Å². The van der Waals surface area contributed by atoms with Crippen LogP contribution in [0.1, 0.15) is 37.6 Å². The molecule has 40 heavy (non-hydrogen) atoms. The topological polar surface area (TPSA) is 92.4 Å². The summed E-state index contributed by atoms with van der Waals surface area (Å²) in [6.45, 7) is 0.201. The predicted molar refractivity (Wildman–Crippen MR) is 151 cm³/mol. The van der Waals surface area contributed by atoms with Crippen molar-refractivity contribution in [1.29, 1.82) is 0 Å². The molecule has 1 amide bonds. The Morgan fingerprint density at radius 2 is 1.52 bits per heavy atom. The highest BCUT2D eigenvalue weighted by Gasteiger charge is 2.20. The van der Waals surface area contributed by atoms with Crippen LogP contribution in [-0.4, -0.2) is 22.1 Å². The maximum Gasteiger partial charge on any atom is 0.335 e. The molecule has 0 saturated heterocycles. The third kappa shape index (κ3) is 5.05. The summed E-state index contributed by atoms with van der Waals surface area (Å²) in [7, 11) is 0. The van der Waals surface area contributed by atoms with Crippen LogP contribution in [0.15, 0.2) is 108 Å². The van der Waals surface area contributed by atoms with Crippen molar-refractivity contribution >= 4 is 33.6 Å². The summed E-state index contributed by atoms with van der Waals surface area (Å²) in [5, 5.41) is 19.2. The van der Waals surface area contributed by atoms with Crippen molar-refractivity contribution < 1.29 is 23.6 Å². The van der Waals surface area contributed by atoms with Crippen LogP contribution >= 0.6 is 0 Å². The van der Waals surface area contributed by atoms with Crippen LogP contribution in [0.5, 0.6) is 0 Å². The predicted octanol–water partition coefficient (Wildman–Crippen LogP) is 7.01. The van der Waals surface area contributed by atoms with Crippen LogP contribution in [-0.2, 0) is 13.0 Å². The fourth-order valence-electron chi connectivity index (χ4n) is 4.83. The quantitative estimate of drug-likeness (QED) is 0.232. The van der Waals surface area contributed by atoms with Gasteiger partial charge in [0.05, 0.1) is 16.5 Å². The van der Waals surface area contributed by atoms with Gasteiger partial charge in [0.15, 0.2) is 0 Å². The zero-order chi connectivity index (χ0) is 27.6. The van der Waals surface area contributed by atoms with Gasteiger partial charge in [-0.1, -0.05) is 71.9 Å². The van der Waals surface area contributed by atoms with Gasteiger partial charge >= 0.3 is 5.97 Å². The minimum Gasteiger partial charge on any atom is -0.478 e. The second kappa shape index (κ2) is 10.5. The zero-order valence-electron chi connectivity index (χ0n) is 21.2. The van der Waals surface area contributed by atoms with Crippen molar-refractivity contribution in [3.63, 3.8) is 0 Å². The maximum absolute atomic E-state index is 13.6. The average Bonchev–Trinajstić information content (AvgIpc) is 3.38. The van der Waals surface area contributed by atoms with Crippen LogP contribution in [0.25, 0.3) is 32.8 Å². The Hall–Kier alpha value is -5.30. The molecule has 6 nitrogen and oxygen atoms in total. The van der Waals surface area contributed by atoms with E-state index >= 15 is 0 Å². The summed E-state index contributed by atoms with van der Waals surface area (Å²) in [4.78, 5) is 24.7. The number of nitrogens with one attached hydrogen (secondary N) is 1. The molecular weight excluding hydrogens is 507 g/mol. The van der Waals surface area contributed by atoms with Crippen molar-refractivity contribution in [3.8, 4) is 11.1 Å². The van der Waals surface area contributed by atoms with E-state index in [9.17, 15) is 14.0 Å². The third-order valence-corrected chi connectivity index (χ3v) is 6.91. The van der Waals surface area contributed by atoms with E-state index in [4.69, 9.17) is 9.63 Å². The Morgan fingerprint density at radius 1 is 0.800 bits per heavy atom. The molecule has 0 fully saturated rings. The fourth-order valence-corrected chi connectivity index (χ4v) is 4.83. The van der Waals surface area contributed by atoms with Crippen molar-refractivity contribution in [2.75, 3.05) is 0 Å². The first kappa shape index (κ1) is 25.0. The van der Waals surface area contributed by atoms with Crippen LogP contribution in [0.4, 0.5) is 4.39 Å². The number of aromatic nitrogens is 1. The second-order valence-corrected chi connectivity index (χ2v) is 9.57. The molecule has 196 valence electrons. The van der Waals surface area contributed by atoms with Crippen LogP contribution < -0.4 is 5.32 Å². The second-order valence-electron chi connectivity index (χ2n) is 9.57. The highest BCUT2D eigenvalue weighted by molar-refractivity contribution is 6.08. The monoisotopic (exact) mass is 530 g/mol. The Balaban J connectivity index is 1.37. The van der Waals surface area contributed by atoms with Gasteiger partial charge in [-0.25, -0.2) is 9.18 Å². The molecule has 6 aromatic rings. The first-order valence-corrected chi connectivity index (χ1v) is 12.7. The largest absolute Gasteiger partial charge is 0.478 e. The van der Waals surface area contributed by atoms with Crippen molar-refractivity contribution in [3.05, 3.63) is 137 Å². The molecule has 0 aliphatic heterocycles. The van der Waals surface area contributed by atoms with Gasteiger partial charge < -0.3 is 14.9 Å². The van der Waals surface area contributed by atoms with Gasteiger partial charge in [-0.05, 0) is 69.4 Å². The first-order chi connectivity index (χ1) is 19.4. The molecule has 0 radical (unpaired) electrons. The van der Waals surface area contributed by atoms with E-state index in [-0.39, 0.29) is 23.8 Å². The average molecular weight is 531 g/mol. The zero-order valence-corrected chi connectivity index (χ0v) is 21.2. The molecule has 1 aromatic heterocycles. The summed E-state index contributed by atoms with van der Waals surface area (Å²) in [5.41, 5.74) is 4.29. The number of nitrogens with zero attached hydrogens (tertiary/aromatic N) is 1. The number of amides is 1. The Kier molecular flexibility index (Phi) is 6.54. The molecular formula is C33H23FN2O4. The van der Waals surface area contributed by atoms with Crippen molar-refractivity contribution in [2.24, 2.45) is 0 Å². The molecule has 0 spiro atoms. The highest BCUT2D eigenvalue weighted by Crippen LogP contribution is 2.32. The molecule has 1 heterocycles. The van der Waals surface area contributed by atoms with E-state index in [1.54, 1.807) is 30.3 Å². The number of carbonyl (C=O) groups is 2. The normalized spacial score (nSPS) is 11.1. The lowest BCUT2D eigenvalue weighted by molar-refractivity contribution is 0.0696. The molecule has 0 aliphatic carbocycles. The van der Waals surface area contributed by atoms with Crippen molar-refractivity contribution in [1.82, 2.24) is 10.5 Å². The van der Waals surface area contributed by atoms with E-state index in [1.807, 2.05) is 30.3 Å². The Morgan fingerprint density at radius 3 is 2.27 bits per heavy atom. The van der Waals surface area contributed by atoms with E-state index < -0.39 is 5.97 Å². The molecule has 0 bridgehead atoms. The van der Waals surface area contributed by atoms with Crippen LogP contribution in [0.3, 0.4) is 0 Å². The number of hydrogen-bond donors (Lipinski definition) is 2. The standard InChI is InChI=1S/C33H23FN2O4/c34-27-13-11-23(12-14-27)26-17-28(32(37)35-19-20-5-9-24(10-6-20)33(38)39)31-29(18-26)36-40-30(31)16-21-7-8-22-3-1-2-4-25(22)15-21/h1-15,17-18H,16,19H2,(H,35,37)(H,38,39). The van der Waals surface area contributed by atoms with Gasteiger partial charge in [0, 0.05) is 13.0 Å². The van der Waals surface area contributed by atoms with E-state index in [0.29, 0.717) is 34.2 Å². The van der Waals surface area contributed by atoms with Crippen molar-refractivity contribution in [2.45, 2.75) is 13.0 Å². The Bertz CT molecular complexity index is 1880. The number of carboxylic acid groups (broad SMARTS) is 1. The number of aromatic carboxylic acids is 1. The third-order valence-electron chi connectivity index (χ3n) is 6.91. The minimum atomic E-state index is -1.01. The molecule has 2 N–H and O–H groups in total. The number of rotatable bonds is 7. The first-order valence-electron chi connectivity index (χ1n) is 12.7. The molecule has 0 saturated carbocycles. The molecule has 0 atom stereocenters. The van der Waals surface area contributed by atoms with E-state index in [1.165, 1.54) is 24.3 Å². The smallest absolute Gasteiger partial charge is 0.335 e. The van der Waals surface area contributed by atoms with Gasteiger partial charge in [-0.3, -0.25) is 4.79 Å². The molecule has 0 aliphatic rings. The summed E-state index contributed by atoms with van der Waals surface area (Å²) < 4.78 is 19.4. The lowest BCUT2D eigenvalue weighted by atomic mass is 9.96. The number of halogens is 1. The van der Waals surface area contributed by atoms with Crippen LogP contribution in [0, 0.1) is 5.82 Å². The molecule has 7 heteroatoms. The van der Waals surface area contributed by atoms with Gasteiger partial charge in [0.1, 0.15) is 17.1 Å². The number of carboxylic acids is 1. The molecule has 6 rings (SSSR count). The van der Waals surface area contributed by atoms with E-state index in [0.717, 1.165) is 27.5 Å². The summed E-state index contributed by atoms with van der Waals surface area (Å²) in [6, 6.07) is 30.2. The summed E-state index contributed by atoms with van der Waals surface area (Å²) in [6.07, 6.45) is 0.439. The number of hydrogen-bond acceptors (Lipinski definition) is 4. The SMILES string of the molecule is O=C(O)c1ccc(CNC(=O)c2cc(-c3ccc(F)cc3)cc3noc(Cc4ccc5ccccc5c4)c23)cc1. The number of fused-ring (bicyclic) bond motifs is 2. The number of benzene rings is 5. The molecule has 5 aromatic carbocycles. The summed E-state index contributed by atoms with van der Waals surface area (Å²) >= 11 is 0.